The lowest BCUT2D eigenvalue weighted by molar-refractivity contribution is -0.116. The number of furan rings is 1. The number of nitrogens with zero attached hydrogens (tertiary/aromatic N) is 2. The number of anilines is 1. The van der Waals surface area contributed by atoms with E-state index >= 15 is 0 Å². The molecule has 0 radical (unpaired) electrons. The number of hydrogen-bond donors (Lipinski definition) is 1. The van der Waals surface area contributed by atoms with Gasteiger partial charge in [-0.3, -0.25) is 14.2 Å². The number of benzene rings is 1. The van der Waals surface area contributed by atoms with E-state index in [-0.39, 0.29) is 23.7 Å². The molecule has 7 heteroatoms. The highest BCUT2D eigenvalue weighted by Crippen LogP contribution is 2.19. The van der Waals surface area contributed by atoms with Crippen molar-refractivity contribution in [2.24, 2.45) is 0 Å². The van der Waals surface area contributed by atoms with Crippen LogP contribution < -0.4 is 10.9 Å². The van der Waals surface area contributed by atoms with Crippen molar-refractivity contribution in [3.63, 3.8) is 0 Å². The summed E-state index contributed by atoms with van der Waals surface area (Å²) in [6.45, 7) is 3.42. The zero-order chi connectivity index (χ0) is 16.6. The summed E-state index contributed by atoms with van der Waals surface area (Å²) in [4.78, 5) is 28.7. The molecule has 0 spiro atoms. The van der Waals surface area contributed by atoms with Gasteiger partial charge in [0.1, 0.15) is 24.0 Å². The first-order valence-corrected chi connectivity index (χ1v) is 7.34. The van der Waals surface area contributed by atoms with Crippen LogP contribution in [0.2, 0.25) is 5.02 Å². The van der Waals surface area contributed by atoms with Crippen molar-refractivity contribution in [1.29, 1.82) is 0 Å². The van der Waals surface area contributed by atoms with Gasteiger partial charge in [-0.05, 0) is 32.0 Å². The Morgan fingerprint density at radius 1 is 1.39 bits per heavy atom. The highest BCUT2D eigenvalue weighted by molar-refractivity contribution is 6.30. The molecule has 2 aromatic heterocycles. The van der Waals surface area contributed by atoms with Gasteiger partial charge >= 0.3 is 0 Å². The Morgan fingerprint density at radius 2 is 2.17 bits per heavy atom. The number of nitrogens with one attached hydrogen (secondary N) is 1. The summed E-state index contributed by atoms with van der Waals surface area (Å²) in [5, 5.41) is 3.62. The predicted octanol–water partition coefficient (Wildman–Crippen LogP) is 2.90. The van der Waals surface area contributed by atoms with Gasteiger partial charge in [-0.2, -0.15) is 0 Å². The molecule has 0 bridgehead atoms. The van der Waals surface area contributed by atoms with Crippen LogP contribution in [-0.4, -0.2) is 15.5 Å². The van der Waals surface area contributed by atoms with Crippen LogP contribution in [-0.2, 0) is 11.3 Å². The van der Waals surface area contributed by atoms with Gasteiger partial charge in [0.05, 0.1) is 0 Å². The Kier molecular flexibility index (Phi) is 3.92. The molecule has 3 aromatic rings. The number of carbonyl (C=O) groups excluding carboxylic acids is 1. The Hall–Kier alpha value is -2.60. The van der Waals surface area contributed by atoms with Crippen molar-refractivity contribution < 1.29 is 9.21 Å². The number of hydrogen-bond acceptors (Lipinski definition) is 4. The molecule has 0 atom stereocenters. The molecule has 1 aromatic carbocycles. The summed E-state index contributed by atoms with van der Waals surface area (Å²) in [6, 6.07) is 6.80. The van der Waals surface area contributed by atoms with E-state index in [0.717, 1.165) is 5.56 Å². The quantitative estimate of drug-likeness (QED) is 0.800. The summed E-state index contributed by atoms with van der Waals surface area (Å²) in [6.07, 6.45) is 1.31. The van der Waals surface area contributed by atoms with Crippen LogP contribution in [0.25, 0.3) is 11.1 Å². The number of carbonyl (C=O) groups is 1. The third-order valence-corrected chi connectivity index (χ3v) is 3.81. The molecular weight excluding hydrogens is 318 g/mol. The molecule has 0 fully saturated rings. The van der Waals surface area contributed by atoms with Crippen molar-refractivity contribution in [2.45, 2.75) is 20.4 Å². The number of amides is 1. The van der Waals surface area contributed by atoms with Crippen LogP contribution in [0.5, 0.6) is 0 Å². The topological polar surface area (TPSA) is 77.1 Å². The van der Waals surface area contributed by atoms with Crippen LogP contribution in [0.3, 0.4) is 0 Å². The number of rotatable bonds is 3. The largest absolute Gasteiger partial charge is 0.443 e. The Bertz CT molecular complexity index is 959. The lowest BCUT2D eigenvalue weighted by atomic mass is 10.2. The first-order valence-electron chi connectivity index (χ1n) is 6.96. The van der Waals surface area contributed by atoms with Gasteiger partial charge < -0.3 is 9.73 Å². The van der Waals surface area contributed by atoms with Crippen LogP contribution in [0.4, 0.5) is 5.69 Å². The first-order chi connectivity index (χ1) is 11.0. The third-order valence-electron chi connectivity index (χ3n) is 3.58. The molecule has 0 aliphatic rings. The Balaban J connectivity index is 1.86. The van der Waals surface area contributed by atoms with E-state index in [9.17, 15) is 9.59 Å². The molecule has 3 rings (SSSR count). The normalized spacial score (nSPS) is 10.9. The molecule has 23 heavy (non-hydrogen) atoms. The standard InChI is InChI=1S/C16H14ClN3O3/c1-9-10(2)23-15-14(9)16(22)20(8-18-15)7-13(21)19-12-5-3-4-11(17)6-12/h3-6,8H,7H2,1-2H3,(H,19,21). The van der Waals surface area contributed by atoms with E-state index < -0.39 is 0 Å². The second-order valence-electron chi connectivity index (χ2n) is 5.20. The maximum absolute atomic E-state index is 12.5. The van der Waals surface area contributed by atoms with Gasteiger partial charge in [-0.1, -0.05) is 17.7 Å². The average molecular weight is 332 g/mol. The smallest absolute Gasteiger partial charge is 0.265 e. The number of aromatic nitrogens is 2. The van der Waals surface area contributed by atoms with Crippen molar-refractivity contribution in [2.75, 3.05) is 5.32 Å². The zero-order valence-corrected chi connectivity index (χ0v) is 13.3. The van der Waals surface area contributed by atoms with Crippen molar-refractivity contribution in [3.05, 3.63) is 57.3 Å². The number of fused-ring (bicyclic) bond motifs is 1. The molecule has 118 valence electrons. The summed E-state index contributed by atoms with van der Waals surface area (Å²) in [5.74, 6) is 0.305. The molecule has 2 heterocycles. The minimum atomic E-state index is -0.339. The van der Waals surface area contributed by atoms with Gasteiger partial charge in [0.15, 0.2) is 0 Å². The van der Waals surface area contributed by atoms with Crippen LogP contribution >= 0.6 is 11.6 Å². The number of aryl methyl sites for hydroxylation is 2. The molecule has 0 aliphatic heterocycles. The fraction of sp³-hybridized carbons (Fsp3) is 0.188. The van der Waals surface area contributed by atoms with Crippen LogP contribution in [0, 0.1) is 13.8 Å². The van der Waals surface area contributed by atoms with E-state index in [1.165, 1.54) is 10.9 Å². The summed E-state index contributed by atoms with van der Waals surface area (Å²) < 4.78 is 6.66. The Labute approximate surface area is 136 Å². The zero-order valence-electron chi connectivity index (χ0n) is 12.6. The summed E-state index contributed by atoms with van der Waals surface area (Å²) in [5.41, 5.74) is 1.30. The monoisotopic (exact) mass is 331 g/mol. The second kappa shape index (κ2) is 5.89. The fourth-order valence-electron chi connectivity index (χ4n) is 2.30. The van der Waals surface area contributed by atoms with Crippen molar-refractivity contribution >= 4 is 34.3 Å². The number of halogens is 1. The SMILES string of the molecule is Cc1oc2ncn(CC(=O)Nc3cccc(Cl)c3)c(=O)c2c1C. The van der Waals surface area contributed by atoms with Gasteiger partial charge in [-0.15, -0.1) is 0 Å². The lowest BCUT2D eigenvalue weighted by Crippen LogP contribution is -2.27. The van der Waals surface area contributed by atoms with Crippen LogP contribution in [0.15, 0.2) is 39.8 Å². The van der Waals surface area contributed by atoms with Crippen molar-refractivity contribution in [1.82, 2.24) is 9.55 Å². The molecule has 1 amide bonds. The van der Waals surface area contributed by atoms with Crippen molar-refractivity contribution in [3.8, 4) is 0 Å². The third kappa shape index (κ3) is 2.98. The Morgan fingerprint density at radius 3 is 2.91 bits per heavy atom. The lowest BCUT2D eigenvalue weighted by Gasteiger charge is -2.07. The minimum Gasteiger partial charge on any atom is -0.443 e. The maximum Gasteiger partial charge on any atom is 0.265 e. The van der Waals surface area contributed by atoms with E-state index in [4.69, 9.17) is 16.0 Å². The molecule has 0 saturated carbocycles. The summed E-state index contributed by atoms with van der Waals surface area (Å²) >= 11 is 5.87. The van der Waals surface area contributed by atoms with Crippen LogP contribution in [0.1, 0.15) is 11.3 Å². The van der Waals surface area contributed by atoms with Gasteiger partial charge in [0.25, 0.3) is 5.56 Å². The highest BCUT2D eigenvalue weighted by Gasteiger charge is 2.15. The maximum atomic E-state index is 12.5. The van der Waals surface area contributed by atoms with Gasteiger partial charge in [-0.25, -0.2) is 4.98 Å². The van der Waals surface area contributed by atoms with E-state index in [2.05, 4.69) is 10.3 Å². The molecule has 0 saturated heterocycles. The first kappa shape index (κ1) is 15.3. The predicted molar refractivity (Wildman–Crippen MR) is 87.8 cm³/mol. The van der Waals surface area contributed by atoms with Gasteiger partial charge in [0.2, 0.25) is 11.6 Å². The fourth-order valence-corrected chi connectivity index (χ4v) is 2.49. The molecule has 0 aliphatic carbocycles. The molecule has 0 unspecified atom stereocenters. The van der Waals surface area contributed by atoms with E-state index in [1.54, 1.807) is 38.1 Å². The molecular formula is C16H14ClN3O3. The summed E-state index contributed by atoms with van der Waals surface area (Å²) in [7, 11) is 0. The van der Waals surface area contributed by atoms with E-state index in [0.29, 0.717) is 21.9 Å². The molecule has 1 N–H and O–H groups in total. The van der Waals surface area contributed by atoms with E-state index in [1.807, 2.05) is 0 Å². The second-order valence-corrected chi connectivity index (χ2v) is 5.64. The minimum absolute atomic E-state index is 0.141. The van der Waals surface area contributed by atoms with Gasteiger partial charge in [0, 0.05) is 16.3 Å². The molecule has 6 nitrogen and oxygen atoms in total. The average Bonchev–Trinajstić information content (AvgIpc) is 2.78. The highest BCUT2D eigenvalue weighted by atomic mass is 35.5.